The molecule has 9 nitrogen and oxygen atoms in total. The summed E-state index contributed by atoms with van der Waals surface area (Å²) in [6.45, 7) is 3.65. The first kappa shape index (κ1) is 28.4. The van der Waals surface area contributed by atoms with Crippen molar-refractivity contribution < 1.29 is 23.5 Å². The van der Waals surface area contributed by atoms with Crippen LogP contribution in [0.15, 0.2) is 83.7 Å². The fourth-order valence-corrected chi connectivity index (χ4v) is 4.36. The molecule has 40 heavy (non-hydrogen) atoms. The van der Waals surface area contributed by atoms with Crippen LogP contribution >= 0.6 is 11.6 Å². The highest BCUT2D eigenvalue weighted by molar-refractivity contribution is 6.39. The number of benzene rings is 3. The molecule has 0 radical (unpaired) electrons. The largest absolute Gasteiger partial charge is 0.496 e. The standard InChI is InChI=1S/C30H29ClN4O5/c1-30(2,16-19-8-10-21(11-9-19)33-27(36)14-20-6-4-5-7-24(20)31)35-29(38)28(37)34-22-12-13-23(25(15-22)39-3)26-17-32-18-40-26/h4-13,15,17-18H,14,16H2,1-3H3,(H,33,36)(H,34,37)(H,35,38). The van der Waals surface area contributed by atoms with Crippen molar-refractivity contribution in [2.45, 2.75) is 32.2 Å². The summed E-state index contributed by atoms with van der Waals surface area (Å²) < 4.78 is 10.7. The second-order valence-corrected chi connectivity index (χ2v) is 10.2. The van der Waals surface area contributed by atoms with Gasteiger partial charge in [-0.1, -0.05) is 41.9 Å². The van der Waals surface area contributed by atoms with Crippen LogP contribution < -0.4 is 20.7 Å². The zero-order valence-corrected chi connectivity index (χ0v) is 23.0. The predicted molar refractivity (Wildman–Crippen MR) is 153 cm³/mol. The van der Waals surface area contributed by atoms with Gasteiger partial charge >= 0.3 is 11.8 Å². The molecule has 0 saturated heterocycles. The minimum atomic E-state index is -0.806. The quantitative estimate of drug-likeness (QED) is 0.240. The van der Waals surface area contributed by atoms with Crippen LogP contribution in [0.4, 0.5) is 11.4 Å². The minimum Gasteiger partial charge on any atom is -0.496 e. The SMILES string of the molecule is COc1cc(NC(=O)C(=O)NC(C)(C)Cc2ccc(NC(=O)Cc3ccccc3Cl)cc2)ccc1-c1cnco1. The van der Waals surface area contributed by atoms with Gasteiger partial charge in [0.25, 0.3) is 0 Å². The number of nitrogens with zero attached hydrogens (tertiary/aromatic N) is 1. The van der Waals surface area contributed by atoms with Gasteiger partial charge in [0.05, 0.1) is 25.3 Å². The number of aromatic nitrogens is 1. The first-order valence-electron chi connectivity index (χ1n) is 12.5. The molecular formula is C30H29ClN4O5. The van der Waals surface area contributed by atoms with Gasteiger partial charge in [0.15, 0.2) is 12.2 Å². The molecule has 0 unspecified atom stereocenters. The third-order valence-corrected chi connectivity index (χ3v) is 6.38. The number of hydrogen-bond donors (Lipinski definition) is 3. The van der Waals surface area contributed by atoms with Gasteiger partial charge in [-0.15, -0.1) is 0 Å². The van der Waals surface area contributed by atoms with Crippen LogP contribution in [-0.2, 0) is 27.2 Å². The molecule has 1 aromatic heterocycles. The average Bonchev–Trinajstić information content (AvgIpc) is 3.45. The van der Waals surface area contributed by atoms with E-state index in [2.05, 4.69) is 20.9 Å². The van der Waals surface area contributed by atoms with Crippen molar-refractivity contribution in [3.63, 3.8) is 0 Å². The van der Waals surface area contributed by atoms with Gasteiger partial charge in [-0.05, 0) is 61.7 Å². The molecule has 0 aliphatic carbocycles. The van der Waals surface area contributed by atoms with E-state index in [1.807, 2.05) is 44.2 Å². The summed E-state index contributed by atoms with van der Waals surface area (Å²) in [5, 5.41) is 8.78. The highest BCUT2D eigenvalue weighted by Crippen LogP contribution is 2.32. The first-order valence-corrected chi connectivity index (χ1v) is 12.8. The summed E-state index contributed by atoms with van der Waals surface area (Å²) in [6, 6.07) is 19.5. The van der Waals surface area contributed by atoms with Gasteiger partial charge < -0.3 is 25.1 Å². The van der Waals surface area contributed by atoms with Crippen LogP contribution in [0.25, 0.3) is 11.3 Å². The number of oxazole rings is 1. The van der Waals surface area contributed by atoms with E-state index in [0.29, 0.717) is 39.9 Å². The molecule has 0 atom stereocenters. The number of hydrogen-bond acceptors (Lipinski definition) is 6. The minimum absolute atomic E-state index is 0.168. The Morgan fingerprint density at radius 3 is 2.35 bits per heavy atom. The number of rotatable bonds is 9. The summed E-state index contributed by atoms with van der Waals surface area (Å²) in [5.41, 5.74) is 2.65. The molecule has 1 heterocycles. The summed E-state index contributed by atoms with van der Waals surface area (Å²) in [4.78, 5) is 41.6. The maximum atomic E-state index is 12.7. The first-order chi connectivity index (χ1) is 19.1. The maximum absolute atomic E-state index is 12.7. The van der Waals surface area contributed by atoms with Crippen LogP contribution in [0.5, 0.6) is 5.75 Å². The van der Waals surface area contributed by atoms with Crippen molar-refractivity contribution in [3.05, 3.63) is 95.5 Å². The lowest BCUT2D eigenvalue weighted by molar-refractivity contribution is -0.137. The van der Waals surface area contributed by atoms with E-state index in [4.69, 9.17) is 20.8 Å². The lowest BCUT2D eigenvalue weighted by Gasteiger charge is -2.26. The molecular weight excluding hydrogens is 532 g/mol. The number of amides is 3. The van der Waals surface area contributed by atoms with E-state index < -0.39 is 17.4 Å². The Morgan fingerprint density at radius 2 is 1.68 bits per heavy atom. The molecule has 3 aromatic carbocycles. The molecule has 4 aromatic rings. The Balaban J connectivity index is 1.31. The van der Waals surface area contributed by atoms with Crippen molar-refractivity contribution in [2.24, 2.45) is 0 Å². The molecule has 0 aliphatic rings. The lowest BCUT2D eigenvalue weighted by Crippen LogP contribution is -2.49. The van der Waals surface area contributed by atoms with Crippen LogP contribution in [0.3, 0.4) is 0 Å². The van der Waals surface area contributed by atoms with E-state index in [1.165, 1.54) is 13.5 Å². The van der Waals surface area contributed by atoms with Gasteiger partial charge in [-0.25, -0.2) is 4.98 Å². The predicted octanol–water partition coefficient (Wildman–Crippen LogP) is 5.26. The maximum Gasteiger partial charge on any atom is 0.313 e. The van der Waals surface area contributed by atoms with E-state index in [9.17, 15) is 14.4 Å². The summed E-state index contributed by atoms with van der Waals surface area (Å²) in [7, 11) is 1.50. The monoisotopic (exact) mass is 560 g/mol. The van der Waals surface area contributed by atoms with Crippen LogP contribution in [0, 0.1) is 0 Å². The molecule has 206 valence electrons. The van der Waals surface area contributed by atoms with Crippen molar-refractivity contribution in [2.75, 3.05) is 17.7 Å². The molecule has 3 amide bonds. The third-order valence-electron chi connectivity index (χ3n) is 6.01. The Kier molecular flexibility index (Phi) is 8.86. The Morgan fingerprint density at radius 1 is 0.950 bits per heavy atom. The van der Waals surface area contributed by atoms with Crippen LogP contribution in [0.1, 0.15) is 25.0 Å². The summed E-state index contributed by atoms with van der Waals surface area (Å²) >= 11 is 6.14. The van der Waals surface area contributed by atoms with Gasteiger partial charge in [-0.2, -0.15) is 0 Å². The molecule has 0 spiro atoms. The average molecular weight is 561 g/mol. The third kappa shape index (κ3) is 7.48. The fourth-order valence-electron chi connectivity index (χ4n) is 4.15. The lowest BCUT2D eigenvalue weighted by atomic mass is 9.94. The molecule has 0 fully saturated rings. The summed E-state index contributed by atoms with van der Waals surface area (Å²) in [6.07, 6.45) is 3.49. The van der Waals surface area contributed by atoms with Crippen LogP contribution in [0.2, 0.25) is 5.02 Å². The van der Waals surface area contributed by atoms with E-state index >= 15 is 0 Å². The molecule has 3 N–H and O–H groups in total. The second-order valence-electron chi connectivity index (χ2n) is 9.76. The zero-order valence-electron chi connectivity index (χ0n) is 22.3. The molecule has 0 bridgehead atoms. The Bertz CT molecular complexity index is 1500. The zero-order chi connectivity index (χ0) is 28.7. The molecule has 10 heteroatoms. The number of nitrogens with one attached hydrogen (secondary N) is 3. The molecule has 0 aliphatic heterocycles. The van der Waals surface area contributed by atoms with Gasteiger partial charge in [0, 0.05) is 28.0 Å². The highest BCUT2D eigenvalue weighted by Gasteiger charge is 2.25. The van der Waals surface area contributed by atoms with Gasteiger partial charge in [-0.3, -0.25) is 14.4 Å². The second kappa shape index (κ2) is 12.5. The van der Waals surface area contributed by atoms with Crippen molar-refractivity contribution in [3.8, 4) is 17.1 Å². The normalized spacial score (nSPS) is 11.0. The van der Waals surface area contributed by atoms with Crippen molar-refractivity contribution >= 4 is 40.7 Å². The number of ether oxygens (including phenoxy) is 1. The van der Waals surface area contributed by atoms with Crippen LogP contribution in [-0.4, -0.2) is 35.4 Å². The van der Waals surface area contributed by atoms with Crippen molar-refractivity contribution in [1.29, 1.82) is 0 Å². The fraction of sp³-hybridized carbons (Fsp3) is 0.200. The van der Waals surface area contributed by atoms with Gasteiger partial charge in [0.1, 0.15) is 5.75 Å². The highest BCUT2D eigenvalue weighted by atomic mass is 35.5. The topological polar surface area (TPSA) is 123 Å². The Labute approximate surface area is 236 Å². The Hall–Kier alpha value is -4.63. The van der Waals surface area contributed by atoms with E-state index in [-0.39, 0.29) is 12.3 Å². The van der Waals surface area contributed by atoms with Gasteiger partial charge in [0.2, 0.25) is 5.91 Å². The smallest absolute Gasteiger partial charge is 0.313 e. The van der Waals surface area contributed by atoms with E-state index in [0.717, 1.165) is 11.1 Å². The van der Waals surface area contributed by atoms with E-state index in [1.54, 1.807) is 42.6 Å². The number of carbonyl (C=O) groups is 3. The molecule has 4 rings (SSSR count). The number of methoxy groups -OCH3 is 1. The summed E-state index contributed by atoms with van der Waals surface area (Å²) in [5.74, 6) is -0.781. The number of carbonyl (C=O) groups excluding carboxylic acids is 3. The van der Waals surface area contributed by atoms with Crippen molar-refractivity contribution in [1.82, 2.24) is 10.3 Å². The molecule has 0 saturated carbocycles. The number of halogens is 1. The number of anilines is 2.